The molecular formula is C14H16Br2N2O2. The van der Waals surface area contributed by atoms with Crippen molar-refractivity contribution in [3.05, 3.63) is 32.7 Å². The third-order valence-electron chi connectivity index (χ3n) is 3.53. The maximum absolute atomic E-state index is 12.1. The minimum atomic E-state index is -0.303. The van der Waals surface area contributed by atoms with Crippen LogP contribution in [0, 0.1) is 0 Å². The van der Waals surface area contributed by atoms with Gasteiger partial charge in [-0.1, -0.05) is 37.9 Å². The molecule has 0 aliphatic carbocycles. The molecule has 1 aromatic rings. The molecule has 0 aromatic heterocycles. The van der Waals surface area contributed by atoms with Crippen LogP contribution in [0.2, 0.25) is 0 Å². The SMILES string of the molecule is CC(NC1CCC(=O)N(C)C1=O)c1ccc(Br)cc1Br. The minimum absolute atomic E-state index is 0.0213. The van der Waals surface area contributed by atoms with Crippen LogP contribution in [0.15, 0.2) is 27.1 Å². The maximum atomic E-state index is 12.1. The third kappa shape index (κ3) is 3.30. The predicted molar refractivity (Wildman–Crippen MR) is 84.2 cm³/mol. The molecule has 0 saturated carbocycles. The van der Waals surface area contributed by atoms with Crippen LogP contribution in [0.25, 0.3) is 0 Å². The quantitative estimate of drug-likeness (QED) is 0.789. The summed E-state index contributed by atoms with van der Waals surface area (Å²) in [6, 6.07) is 5.67. The molecule has 1 aliphatic rings. The van der Waals surface area contributed by atoms with Crippen molar-refractivity contribution in [2.24, 2.45) is 0 Å². The third-order valence-corrected chi connectivity index (χ3v) is 4.71. The number of carbonyl (C=O) groups is 2. The Morgan fingerprint density at radius 3 is 2.70 bits per heavy atom. The number of likely N-dealkylation sites (N-methyl/N-ethyl adjacent to an activating group) is 1. The molecule has 4 nitrogen and oxygen atoms in total. The van der Waals surface area contributed by atoms with Crippen molar-refractivity contribution >= 4 is 43.7 Å². The van der Waals surface area contributed by atoms with Crippen molar-refractivity contribution in [1.82, 2.24) is 10.2 Å². The molecule has 0 radical (unpaired) electrons. The fourth-order valence-electron chi connectivity index (χ4n) is 2.31. The molecule has 2 rings (SSSR count). The summed E-state index contributed by atoms with van der Waals surface area (Å²) in [4.78, 5) is 24.7. The van der Waals surface area contributed by atoms with Gasteiger partial charge in [-0.25, -0.2) is 0 Å². The molecule has 0 bridgehead atoms. The van der Waals surface area contributed by atoms with E-state index in [9.17, 15) is 9.59 Å². The summed E-state index contributed by atoms with van der Waals surface area (Å²) in [5, 5.41) is 3.31. The molecular weight excluding hydrogens is 388 g/mol. The summed E-state index contributed by atoms with van der Waals surface area (Å²) in [5.41, 5.74) is 1.08. The van der Waals surface area contributed by atoms with Crippen molar-refractivity contribution < 1.29 is 9.59 Å². The number of hydrogen-bond donors (Lipinski definition) is 1. The molecule has 108 valence electrons. The lowest BCUT2D eigenvalue weighted by Gasteiger charge is -2.30. The van der Waals surface area contributed by atoms with Crippen LogP contribution in [-0.4, -0.2) is 29.8 Å². The van der Waals surface area contributed by atoms with E-state index in [-0.39, 0.29) is 23.9 Å². The zero-order chi connectivity index (χ0) is 14.9. The first kappa shape index (κ1) is 15.7. The Morgan fingerprint density at radius 1 is 1.35 bits per heavy atom. The first-order chi connectivity index (χ1) is 9.40. The van der Waals surface area contributed by atoms with Gasteiger partial charge in [-0.05, 0) is 31.0 Å². The molecule has 0 spiro atoms. The summed E-state index contributed by atoms with van der Waals surface area (Å²) >= 11 is 6.95. The monoisotopic (exact) mass is 402 g/mol. The Morgan fingerprint density at radius 2 is 2.05 bits per heavy atom. The van der Waals surface area contributed by atoms with Gasteiger partial charge in [-0.15, -0.1) is 0 Å². The largest absolute Gasteiger partial charge is 0.299 e. The van der Waals surface area contributed by atoms with Crippen molar-refractivity contribution in [3.8, 4) is 0 Å². The number of amides is 2. The number of benzene rings is 1. The normalized spacial score (nSPS) is 21.2. The van der Waals surface area contributed by atoms with E-state index < -0.39 is 0 Å². The van der Waals surface area contributed by atoms with Gasteiger partial charge in [0.05, 0.1) is 6.04 Å². The van der Waals surface area contributed by atoms with E-state index in [1.165, 1.54) is 4.90 Å². The number of likely N-dealkylation sites (tertiary alicyclic amines) is 1. The Balaban J connectivity index is 2.09. The van der Waals surface area contributed by atoms with Crippen LogP contribution < -0.4 is 5.32 Å². The first-order valence-electron chi connectivity index (χ1n) is 6.41. The standard InChI is InChI=1S/C14H16Br2N2O2/c1-8(10-4-3-9(15)7-11(10)16)17-12-5-6-13(19)18(2)14(12)20/h3-4,7-8,12,17H,5-6H2,1-2H3. The zero-order valence-electron chi connectivity index (χ0n) is 11.3. The predicted octanol–water partition coefficient (Wildman–Crippen LogP) is 3.01. The fourth-order valence-corrected chi connectivity index (χ4v) is 3.70. The number of hydrogen-bond acceptors (Lipinski definition) is 3. The van der Waals surface area contributed by atoms with E-state index in [0.29, 0.717) is 12.8 Å². The van der Waals surface area contributed by atoms with E-state index >= 15 is 0 Å². The summed E-state index contributed by atoms with van der Waals surface area (Å²) in [7, 11) is 1.54. The van der Waals surface area contributed by atoms with Gasteiger partial charge in [-0.3, -0.25) is 19.8 Å². The van der Waals surface area contributed by atoms with Crippen LogP contribution >= 0.6 is 31.9 Å². The number of imide groups is 1. The Labute approximate surface area is 135 Å². The molecule has 1 aliphatic heterocycles. The molecule has 1 aromatic carbocycles. The van der Waals surface area contributed by atoms with Gasteiger partial charge in [0.15, 0.2) is 0 Å². The van der Waals surface area contributed by atoms with E-state index in [4.69, 9.17) is 0 Å². The van der Waals surface area contributed by atoms with E-state index in [0.717, 1.165) is 14.5 Å². The highest BCUT2D eigenvalue weighted by Gasteiger charge is 2.32. The average Bonchev–Trinajstić information content (AvgIpc) is 2.39. The van der Waals surface area contributed by atoms with Crippen LogP contribution in [0.4, 0.5) is 0 Å². The van der Waals surface area contributed by atoms with Gasteiger partial charge in [0.25, 0.3) is 0 Å². The molecule has 2 unspecified atom stereocenters. The second-order valence-corrected chi connectivity index (χ2v) is 6.71. The molecule has 1 fully saturated rings. The van der Waals surface area contributed by atoms with Gasteiger partial charge >= 0.3 is 0 Å². The Bertz CT molecular complexity index is 548. The maximum Gasteiger partial charge on any atom is 0.246 e. The van der Waals surface area contributed by atoms with Gasteiger partial charge in [0.1, 0.15) is 0 Å². The summed E-state index contributed by atoms with van der Waals surface area (Å²) in [6.45, 7) is 2.01. The highest BCUT2D eigenvalue weighted by atomic mass is 79.9. The average molecular weight is 404 g/mol. The van der Waals surface area contributed by atoms with Crippen LogP contribution in [-0.2, 0) is 9.59 Å². The van der Waals surface area contributed by atoms with Gasteiger partial charge in [0.2, 0.25) is 11.8 Å². The number of carbonyl (C=O) groups excluding carboxylic acids is 2. The van der Waals surface area contributed by atoms with Crippen molar-refractivity contribution in [1.29, 1.82) is 0 Å². The second kappa shape index (κ2) is 6.37. The lowest BCUT2D eigenvalue weighted by atomic mass is 10.0. The first-order valence-corrected chi connectivity index (χ1v) is 8.00. The lowest BCUT2D eigenvalue weighted by Crippen LogP contribution is -2.51. The van der Waals surface area contributed by atoms with Crippen molar-refractivity contribution in [3.63, 3.8) is 0 Å². The topological polar surface area (TPSA) is 49.4 Å². The molecule has 1 N–H and O–H groups in total. The zero-order valence-corrected chi connectivity index (χ0v) is 14.5. The number of halogens is 2. The van der Waals surface area contributed by atoms with Crippen molar-refractivity contribution in [2.45, 2.75) is 31.8 Å². The summed E-state index contributed by atoms with van der Waals surface area (Å²) in [6.07, 6.45) is 0.967. The van der Waals surface area contributed by atoms with Crippen LogP contribution in [0.5, 0.6) is 0 Å². The van der Waals surface area contributed by atoms with E-state index in [1.54, 1.807) is 7.05 Å². The molecule has 1 heterocycles. The summed E-state index contributed by atoms with van der Waals surface area (Å²) < 4.78 is 1.99. The van der Waals surface area contributed by atoms with Gasteiger partial charge in [-0.2, -0.15) is 0 Å². The van der Waals surface area contributed by atoms with E-state index in [1.807, 2.05) is 25.1 Å². The lowest BCUT2D eigenvalue weighted by molar-refractivity contribution is -0.148. The number of rotatable bonds is 3. The highest BCUT2D eigenvalue weighted by molar-refractivity contribution is 9.11. The Kier molecular flexibility index (Phi) is 4.99. The molecule has 1 saturated heterocycles. The van der Waals surface area contributed by atoms with Crippen molar-refractivity contribution in [2.75, 3.05) is 7.05 Å². The minimum Gasteiger partial charge on any atom is -0.299 e. The molecule has 2 amide bonds. The van der Waals surface area contributed by atoms with E-state index in [2.05, 4.69) is 37.2 Å². The molecule has 20 heavy (non-hydrogen) atoms. The van der Waals surface area contributed by atoms with Crippen LogP contribution in [0.1, 0.15) is 31.4 Å². The van der Waals surface area contributed by atoms with Gasteiger partial charge in [0, 0.05) is 28.5 Å². The number of piperidine rings is 1. The molecule has 2 atom stereocenters. The molecule has 6 heteroatoms. The number of nitrogens with one attached hydrogen (secondary N) is 1. The van der Waals surface area contributed by atoms with Gasteiger partial charge < -0.3 is 0 Å². The summed E-state index contributed by atoms with van der Waals surface area (Å²) in [5.74, 6) is -0.258. The fraction of sp³-hybridized carbons (Fsp3) is 0.429. The number of nitrogens with zero attached hydrogens (tertiary/aromatic N) is 1. The van der Waals surface area contributed by atoms with Crippen LogP contribution in [0.3, 0.4) is 0 Å². The Hall–Kier alpha value is -0.720. The smallest absolute Gasteiger partial charge is 0.246 e. The highest BCUT2D eigenvalue weighted by Crippen LogP contribution is 2.27. The second-order valence-electron chi connectivity index (χ2n) is 4.94.